The number of carbonyl (C=O) groups excluding carboxylic acids is 1. The van der Waals surface area contributed by atoms with Gasteiger partial charge in [0.1, 0.15) is 18.1 Å². The molecule has 0 bridgehead atoms. The molecule has 3 aromatic rings. The van der Waals surface area contributed by atoms with E-state index in [1.54, 1.807) is 31.2 Å². The third-order valence-electron chi connectivity index (χ3n) is 4.42. The van der Waals surface area contributed by atoms with Gasteiger partial charge in [0, 0.05) is 10.6 Å². The quantitative estimate of drug-likeness (QED) is 0.360. The number of halogens is 2. The standard InChI is InChI=1S/C23H21ClFN3O4S/c1-2-32-22-10-6-5-9-21(22)28(33(30,31)19-13-11-18(24)12-14-19)16-23(29)27-26-15-17-7-3-4-8-20(17)25/h3-15H,2,16H2,1H3,(H,27,29)/b26-15-. The molecule has 10 heteroatoms. The number of rotatable bonds is 9. The van der Waals surface area contributed by atoms with Gasteiger partial charge in [0.05, 0.1) is 23.4 Å². The fourth-order valence-corrected chi connectivity index (χ4v) is 4.45. The zero-order valence-electron chi connectivity index (χ0n) is 17.6. The summed E-state index contributed by atoms with van der Waals surface area (Å²) in [4.78, 5) is 12.6. The fraction of sp³-hybridized carbons (Fsp3) is 0.130. The number of benzene rings is 3. The van der Waals surface area contributed by atoms with Crippen molar-refractivity contribution in [3.05, 3.63) is 89.2 Å². The minimum atomic E-state index is -4.17. The second-order valence-corrected chi connectivity index (χ2v) is 8.98. The molecule has 3 aromatic carbocycles. The number of nitrogens with one attached hydrogen (secondary N) is 1. The number of hydrogen-bond acceptors (Lipinski definition) is 5. The van der Waals surface area contributed by atoms with E-state index in [0.29, 0.717) is 17.4 Å². The lowest BCUT2D eigenvalue weighted by molar-refractivity contribution is -0.119. The number of hydrogen-bond donors (Lipinski definition) is 1. The first-order valence-corrected chi connectivity index (χ1v) is 11.7. The normalized spacial score (nSPS) is 11.4. The number of para-hydroxylation sites is 2. The van der Waals surface area contributed by atoms with Crippen LogP contribution in [0.4, 0.5) is 10.1 Å². The Kier molecular flexibility index (Phi) is 8.02. The highest BCUT2D eigenvalue weighted by molar-refractivity contribution is 7.92. The second-order valence-electron chi connectivity index (χ2n) is 6.68. The third kappa shape index (κ3) is 6.09. The molecule has 0 radical (unpaired) electrons. The SMILES string of the molecule is CCOc1ccccc1N(CC(=O)N/N=C\c1ccccc1F)S(=O)(=O)c1ccc(Cl)cc1. The number of amides is 1. The molecule has 172 valence electrons. The maximum Gasteiger partial charge on any atom is 0.264 e. The van der Waals surface area contributed by atoms with Crippen LogP contribution in [0.1, 0.15) is 12.5 Å². The van der Waals surface area contributed by atoms with Gasteiger partial charge in [-0.05, 0) is 49.4 Å². The summed E-state index contributed by atoms with van der Waals surface area (Å²) in [5.41, 5.74) is 2.59. The van der Waals surface area contributed by atoms with Gasteiger partial charge >= 0.3 is 0 Å². The lowest BCUT2D eigenvalue weighted by Crippen LogP contribution is -2.39. The van der Waals surface area contributed by atoms with Crippen LogP contribution in [0.3, 0.4) is 0 Å². The average Bonchev–Trinajstić information content (AvgIpc) is 2.80. The number of ether oxygens (including phenoxy) is 1. The van der Waals surface area contributed by atoms with Gasteiger partial charge in [-0.3, -0.25) is 9.10 Å². The molecule has 0 spiro atoms. The summed E-state index contributed by atoms with van der Waals surface area (Å²) in [5.74, 6) is -0.945. The Morgan fingerprint density at radius 3 is 2.45 bits per heavy atom. The van der Waals surface area contributed by atoms with Crippen LogP contribution in [0, 0.1) is 5.82 Å². The van der Waals surface area contributed by atoms with E-state index in [9.17, 15) is 17.6 Å². The van der Waals surface area contributed by atoms with Crippen LogP contribution in [-0.2, 0) is 14.8 Å². The first-order chi connectivity index (χ1) is 15.8. The number of anilines is 1. The number of sulfonamides is 1. The van der Waals surface area contributed by atoms with E-state index in [1.807, 2.05) is 0 Å². The molecule has 0 aliphatic heterocycles. The molecule has 1 amide bonds. The molecule has 1 N–H and O–H groups in total. The van der Waals surface area contributed by atoms with Crippen molar-refractivity contribution in [2.45, 2.75) is 11.8 Å². The van der Waals surface area contributed by atoms with Gasteiger partial charge in [0.25, 0.3) is 15.9 Å². The van der Waals surface area contributed by atoms with Crippen LogP contribution in [-0.4, -0.2) is 33.7 Å². The highest BCUT2D eigenvalue weighted by Gasteiger charge is 2.29. The maximum atomic E-state index is 13.7. The summed E-state index contributed by atoms with van der Waals surface area (Å²) in [7, 11) is -4.17. The van der Waals surface area contributed by atoms with Gasteiger partial charge < -0.3 is 4.74 Å². The van der Waals surface area contributed by atoms with E-state index in [0.717, 1.165) is 10.5 Å². The van der Waals surface area contributed by atoms with Crippen LogP contribution in [0.2, 0.25) is 5.02 Å². The number of hydrazone groups is 1. The van der Waals surface area contributed by atoms with Crippen LogP contribution >= 0.6 is 11.6 Å². The molecule has 0 aliphatic rings. The van der Waals surface area contributed by atoms with E-state index in [2.05, 4.69) is 10.5 Å². The van der Waals surface area contributed by atoms with Crippen molar-refractivity contribution in [2.24, 2.45) is 5.10 Å². The predicted molar refractivity (Wildman–Crippen MR) is 126 cm³/mol. The Morgan fingerprint density at radius 2 is 1.76 bits per heavy atom. The molecule has 3 rings (SSSR count). The summed E-state index contributed by atoms with van der Waals surface area (Å²) < 4.78 is 47.1. The first kappa shape index (κ1) is 24.2. The lowest BCUT2D eigenvalue weighted by Gasteiger charge is -2.25. The number of nitrogens with zero attached hydrogens (tertiary/aromatic N) is 2. The van der Waals surface area contributed by atoms with Gasteiger partial charge in [0.2, 0.25) is 0 Å². The molecule has 0 saturated carbocycles. The molecular weight excluding hydrogens is 469 g/mol. The lowest BCUT2D eigenvalue weighted by atomic mass is 10.2. The summed E-state index contributed by atoms with van der Waals surface area (Å²) in [6.45, 7) is 1.47. The average molecular weight is 490 g/mol. The summed E-state index contributed by atoms with van der Waals surface area (Å²) >= 11 is 5.89. The van der Waals surface area contributed by atoms with Crippen molar-refractivity contribution in [3.8, 4) is 5.75 Å². The summed E-state index contributed by atoms with van der Waals surface area (Å²) in [6, 6.07) is 18.0. The highest BCUT2D eigenvalue weighted by atomic mass is 35.5. The van der Waals surface area contributed by atoms with Crippen LogP contribution in [0.5, 0.6) is 5.75 Å². The number of carbonyl (C=O) groups is 1. The Hall–Kier alpha value is -3.43. The zero-order chi connectivity index (χ0) is 23.8. The maximum absolute atomic E-state index is 13.7. The van der Waals surface area contributed by atoms with Crippen LogP contribution < -0.4 is 14.5 Å². The minimum Gasteiger partial charge on any atom is -0.492 e. The Balaban J connectivity index is 1.91. The van der Waals surface area contributed by atoms with Gasteiger partial charge in [-0.2, -0.15) is 5.10 Å². The molecule has 7 nitrogen and oxygen atoms in total. The molecule has 0 aliphatic carbocycles. The van der Waals surface area contributed by atoms with E-state index in [1.165, 1.54) is 48.5 Å². The summed E-state index contributed by atoms with van der Waals surface area (Å²) in [5, 5.41) is 4.11. The van der Waals surface area contributed by atoms with Crippen molar-refractivity contribution in [2.75, 3.05) is 17.5 Å². The molecule has 0 saturated heterocycles. The first-order valence-electron chi connectivity index (χ1n) is 9.89. The van der Waals surface area contributed by atoms with E-state index in [4.69, 9.17) is 16.3 Å². The minimum absolute atomic E-state index is 0.0548. The molecule has 33 heavy (non-hydrogen) atoms. The van der Waals surface area contributed by atoms with Crippen molar-refractivity contribution in [1.82, 2.24) is 5.43 Å². The Labute approximate surface area is 196 Å². The van der Waals surface area contributed by atoms with Gasteiger partial charge in [-0.25, -0.2) is 18.2 Å². The van der Waals surface area contributed by atoms with Crippen molar-refractivity contribution in [1.29, 1.82) is 0 Å². The van der Waals surface area contributed by atoms with Crippen molar-refractivity contribution >= 4 is 39.4 Å². The molecule has 0 atom stereocenters. The molecule has 0 unspecified atom stereocenters. The largest absolute Gasteiger partial charge is 0.492 e. The predicted octanol–water partition coefficient (Wildman–Crippen LogP) is 4.22. The van der Waals surface area contributed by atoms with Gasteiger partial charge in [0.15, 0.2) is 0 Å². The Morgan fingerprint density at radius 1 is 1.09 bits per heavy atom. The molecular formula is C23H21ClFN3O4S. The van der Waals surface area contributed by atoms with Gasteiger partial charge in [-0.1, -0.05) is 41.9 Å². The van der Waals surface area contributed by atoms with E-state index >= 15 is 0 Å². The van der Waals surface area contributed by atoms with Crippen molar-refractivity contribution < 1.29 is 22.3 Å². The van der Waals surface area contributed by atoms with Gasteiger partial charge in [-0.15, -0.1) is 0 Å². The molecule has 0 heterocycles. The second kappa shape index (κ2) is 10.9. The molecule has 0 fully saturated rings. The van der Waals surface area contributed by atoms with E-state index < -0.39 is 28.3 Å². The van der Waals surface area contributed by atoms with E-state index in [-0.39, 0.29) is 16.1 Å². The highest BCUT2D eigenvalue weighted by Crippen LogP contribution is 2.32. The fourth-order valence-electron chi connectivity index (χ4n) is 2.89. The molecule has 0 aromatic heterocycles. The van der Waals surface area contributed by atoms with Crippen LogP contribution in [0.25, 0.3) is 0 Å². The Bertz CT molecular complexity index is 1250. The van der Waals surface area contributed by atoms with Crippen molar-refractivity contribution in [3.63, 3.8) is 0 Å². The topological polar surface area (TPSA) is 88.1 Å². The summed E-state index contributed by atoms with van der Waals surface area (Å²) in [6.07, 6.45) is 1.14. The van der Waals surface area contributed by atoms with Crippen LogP contribution in [0.15, 0.2) is 82.8 Å². The zero-order valence-corrected chi connectivity index (χ0v) is 19.2. The smallest absolute Gasteiger partial charge is 0.264 e. The third-order valence-corrected chi connectivity index (χ3v) is 6.45. The monoisotopic (exact) mass is 489 g/mol.